The summed E-state index contributed by atoms with van der Waals surface area (Å²) in [7, 11) is -3.13. The predicted octanol–water partition coefficient (Wildman–Crippen LogP) is 2.18. The Labute approximate surface area is 156 Å². The van der Waals surface area contributed by atoms with Gasteiger partial charge in [0.25, 0.3) is 11.6 Å². The lowest BCUT2D eigenvalue weighted by molar-refractivity contribution is -0.384. The third-order valence-electron chi connectivity index (χ3n) is 4.84. The van der Waals surface area contributed by atoms with Gasteiger partial charge in [-0.15, -0.1) is 0 Å². The number of hydrogen-bond acceptors (Lipinski definition) is 5. The van der Waals surface area contributed by atoms with Gasteiger partial charge in [-0.25, -0.2) is 12.7 Å². The highest BCUT2D eigenvalue weighted by molar-refractivity contribution is 7.90. The number of nitrogens with one attached hydrogen (secondary N) is 1. The van der Waals surface area contributed by atoms with E-state index in [0.717, 1.165) is 18.9 Å². The van der Waals surface area contributed by atoms with Gasteiger partial charge in [-0.3, -0.25) is 14.9 Å². The lowest BCUT2D eigenvalue weighted by Crippen LogP contribution is -2.42. The average molecular weight is 402 g/mol. The number of carbonyl (C=O) groups excluding carboxylic acids is 1. The fourth-order valence-corrected chi connectivity index (χ4v) is 5.14. The molecule has 1 saturated carbocycles. The van der Waals surface area contributed by atoms with Gasteiger partial charge in [-0.2, -0.15) is 0 Å². The topological polar surface area (TPSA) is 110 Å². The number of rotatable bonds is 6. The van der Waals surface area contributed by atoms with Crippen molar-refractivity contribution < 1.29 is 18.1 Å². The van der Waals surface area contributed by atoms with E-state index in [9.17, 15) is 23.3 Å². The molecule has 0 bridgehead atoms. The second-order valence-corrected chi connectivity index (χ2v) is 9.34. The van der Waals surface area contributed by atoms with Gasteiger partial charge in [0.15, 0.2) is 0 Å². The summed E-state index contributed by atoms with van der Waals surface area (Å²) < 4.78 is 26.0. The second kappa shape index (κ2) is 7.50. The molecule has 1 aliphatic carbocycles. The van der Waals surface area contributed by atoms with Gasteiger partial charge in [0.1, 0.15) is 5.02 Å². The highest BCUT2D eigenvalue weighted by Gasteiger charge is 2.41. The summed E-state index contributed by atoms with van der Waals surface area (Å²) in [5.74, 6) is -0.218. The fraction of sp³-hybridized carbons (Fsp3) is 0.562. The number of carbonyl (C=O) groups is 1. The summed E-state index contributed by atoms with van der Waals surface area (Å²) in [4.78, 5) is 22.5. The summed E-state index contributed by atoms with van der Waals surface area (Å²) in [5, 5.41) is 13.5. The van der Waals surface area contributed by atoms with Gasteiger partial charge in [0.2, 0.25) is 10.0 Å². The number of hydrogen-bond donors (Lipinski definition) is 1. The minimum absolute atomic E-state index is 0.0178. The normalized spacial score (nSPS) is 19.3. The maximum Gasteiger partial charge on any atom is 0.288 e. The Balaban J connectivity index is 1.51. The van der Waals surface area contributed by atoms with Crippen LogP contribution >= 0.6 is 11.6 Å². The van der Waals surface area contributed by atoms with Crippen molar-refractivity contribution >= 4 is 33.2 Å². The monoisotopic (exact) mass is 401 g/mol. The first-order valence-electron chi connectivity index (χ1n) is 8.50. The van der Waals surface area contributed by atoms with Gasteiger partial charge in [-0.1, -0.05) is 11.6 Å². The molecule has 1 amide bonds. The number of nitro groups is 1. The van der Waals surface area contributed by atoms with Crippen LogP contribution in [-0.2, 0) is 10.0 Å². The summed E-state index contributed by atoms with van der Waals surface area (Å²) in [5.41, 5.74) is -0.132. The van der Waals surface area contributed by atoms with E-state index in [2.05, 4.69) is 5.32 Å². The van der Waals surface area contributed by atoms with Crippen LogP contribution in [0.2, 0.25) is 5.02 Å². The smallest absolute Gasteiger partial charge is 0.288 e. The third kappa shape index (κ3) is 4.16. The highest BCUT2D eigenvalue weighted by Crippen LogP contribution is 2.33. The Morgan fingerprint density at radius 2 is 1.92 bits per heavy atom. The van der Waals surface area contributed by atoms with Crippen LogP contribution in [0.3, 0.4) is 0 Å². The van der Waals surface area contributed by atoms with Crippen LogP contribution in [0.5, 0.6) is 0 Å². The molecule has 26 heavy (non-hydrogen) atoms. The lowest BCUT2D eigenvalue weighted by atomic mass is 9.98. The maximum absolute atomic E-state index is 12.2. The van der Waals surface area contributed by atoms with Gasteiger partial charge in [0.05, 0.1) is 10.2 Å². The number of piperidine rings is 1. The van der Waals surface area contributed by atoms with Crippen molar-refractivity contribution in [2.45, 2.75) is 30.9 Å². The van der Waals surface area contributed by atoms with E-state index in [1.54, 1.807) is 4.31 Å². The van der Waals surface area contributed by atoms with E-state index >= 15 is 0 Å². The van der Waals surface area contributed by atoms with Crippen molar-refractivity contribution in [3.05, 3.63) is 38.9 Å². The highest BCUT2D eigenvalue weighted by atomic mass is 35.5. The van der Waals surface area contributed by atoms with Crippen molar-refractivity contribution in [1.82, 2.24) is 9.62 Å². The number of benzene rings is 1. The molecule has 10 heteroatoms. The van der Waals surface area contributed by atoms with Crippen LogP contribution in [0.25, 0.3) is 0 Å². The fourth-order valence-electron chi connectivity index (χ4n) is 3.08. The lowest BCUT2D eigenvalue weighted by Gasteiger charge is -2.31. The largest absolute Gasteiger partial charge is 0.352 e. The Hall–Kier alpha value is -1.71. The SMILES string of the molecule is O=C(NCC1CCN(S(=O)(=O)C2CC2)CC1)c1ccc(Cl)c([N+](=O)[O-])c1. The zero-order chi connectivity index (χ0) is 18.9. The average Bonchev–Trinajstić information content (AvgIpc) is 3.46. The molecule has 0 atom stereocenters. The molecular weight excluding hydrogens is 382 g/mol. The van der Waals surface area contributed by atoms with Crippen molar-refractivity contribution in [3.8, 4) is 0 Å². The van der Waals surface area contributed by atoms with E-state index in [1.165, 1.54) is 12.1 Å². The molecule has 3 rings (SSSR count). The zero-order valence-corrected chi connectivity index (χ0v) is 15.6. The molecule has 142 valence electrons. The van der Waals surface area contributed by atoms with E-state index in [1.807, 2.05) is 0 Å². The zero-order valence-electron chi connectivity index (χ0n) is 14.1. The standard InChI is InChI=1S/C16H20ClN3O5S/c17-14-4-1-12(9-15(14)20(22)23)16(21)18-10-11-5-7-19(8-6-11)26(24,25)13-2-3-13/h1,4,9,11,13H,2-3,5-8,10H2,(H,18,21). The van der Waals surface area contributed by atoms with Crippen molar-refractivity contribution in [2.75, 3.05) is 19.6 Å². The first-order valence-corrected chi connectivity index (χ1v) is 10.4. The van der Waals surface area contributed by atoms with E-state index in [4.69, 9.17) is 11.6 Å². The van der Waals surface area contributed by atoms with Crippen LogP contribution in [-0.4, -0.2) is 48.4 Å². The van der Waals surface area contributed by atoms with Crippen LogP contribution in [0.1, 0.15) is 36.0 Å². The molecular formula is C16H20ClN3O5S. The number of amides is 1. The van der Waals surface area contributed by atoms with E-state index in [0.29, 0.717) is 32.5 Å². The first-order chi connectivity index (χ1) is 12.3. The van der Waals surface area contributed by atoms with Crippen molar-refractivity contribution in [2.24, 2.45) is 5.92 Å². The van der Waals surface area contributed by atoms with E-state index in [-0.39, 0.29) is 27.4 Å². The predicted molar refractivity (Wildman–Crippen MR) is 96.7 cm³/mol. The molecule has 2 fully saturated rings. The van der Waals surface area contributed by atoms with E-state index < -0.39 is 20.9 Å². The molecule has 1 N–H and O–H groups in total. The molecule has 0 spiro atoms. The van der Waals surface area contributed by atoms with Crippen LogP contribution < -0.4 is 5.32 Å². The van der Waals surface area contributed by atoms with Crippen molar-refractivity contribution in [1.29, 1.82) is 0 Å². The quantitative estimate of drug-likeness (QED) is 0.580. The number of nitrogens with zero attached hydrogens (tertiary/aromatic N) is 2. The Morgan fingerprint density at radius 1 is 1.27 bits per heavy atom. The van der Waals surface area contributed by atoms with Crippen LogP contribution in [0.4, 0.5) is 5.69 Å². The Bertz CT molecular complexity index is 817. The number of sulfonamides is 1. The minimum Gasteiger partial charge on any atom is -0.352 e. The molecule has 1 aromatic carbocycles. The second-order valence-electron chi connectivity index (χ2n) is 6.72. The molecule has 1 heterocycles. The molecule has 0 radical (unpaired) electrons. The summed E-state index contributed by atoms with van der Waals surface area (Å²) >= 11 is 5.74. The molecule has 2 aliphatic rings. The van der Waals surface area contributed by atoms with Crippen LogP contribution in [0.15, 0.2) is 18.2 Å². The molecule has 8 nitrogen and oxygen atoms in total. The van der Waals surface area contributed by atoms with Crippen molar-refractivity contribution in [3.63, 3.8) is 0 Å². The van der Waals surface area contributed by atoms with Crippen LogP contribution in [0, 0.1) is 16.0 Å². The molecule has 1 aromatic rings. The van der Waals surface area contributed by atoms with Gasteiger partial charge >= 0.3 is 0 Å². The summed E-state index contributed by atoms with van der Waals surface area (Å²) in [6.45, 7) is 1.37. The summed E-state index contributed by atoms with van der Waals surface area (Å²) in [6, 6.07) is 3.92. The van der Waals surface area contributed by atoms with Gasteiger partial charge in [0, 0.05) is 31.3 Å². The molecule has 0 aromatic heterocycles. The molecule has 1 saturated heterocycles. The minimum atomic E-state index is -3.13. The number of halogens is 1. The Morgan fingerprint density at radius 3 is 2.50 bits per heavy atom. The number of nitro benzene ring substituents is 1. The molecule has 1 aliphatic heterocycles. The Kier molecular flexibility index (Phi) is 5.50. The molecule has 0 unspecified atom stereocenters. The first kappa shape index (κ1) is 19.1. The summed E-state index contributed by atoms with van der Waals surface area (Å²) in [6.07, 6.45) is 2.89. The van der Waals surface area contributed by atoms with Gasteiger partial charge in [-0.05, 0) is 43.7 Å². The third-order valence-corrected chi connectivity index (χ3v) is 7.55. The maximum atomic E-state index is 12.2. The van der Waals surface area contributed by atoms with Gasteiger partial charge < -0.3 is 5.32 Å².